The van der Waals surface area contributed by atoms with Gasteiger partial charge in [-0.2, -0.15) is 0 Å². The van der Waals surface area contributed by atoms with Crippen molar-refractivity contribution in [2.45, 2.75) is 32.7 Å². The second-order valence-corrected chi connectivity index (χ2v) is 2.99. The van der Waals surface area contributed by atoms with E-state index in [2.05, 4.69) is 13.8 Å². The molecule has 12 heavy (non-hydrogen) atoms. The molecule has 0 saturated heterocycles. The highest BCUT2D eigenvalue weighted by Gasteiger charge is 2.05. The van der Waals surface area contributed by atoms with Gasteiger partial charge in [-0.15, -0.1) is 0 Å². The summed E-state index contributed by atoms with van der Waals surface area (Å²) in [6.07, 6.45) is 4.45. The average Bonchev–Trinajstić information content (AvgIpc) is 2.02. The van der Waals surface area contributed by atoms with Gasteiger partial charge in [0.1, 0.15) is 0 Å². The Morgan fingerprint density at radius 1 is 1.67 bits per heavy atom. The van der Waals surface area contributed by atoms with E-state index in [9.17, 15) is 4.79 Å². The van der Waals surface area contributed by atoms with Crippen molar-refractivity contribution in [1.29, 1.82) is 0 Å². The van der Waals surface area contributed by atoms with Crippen molar-refractivity contribution < 1.29 is 9.90 Å². The third kappa shape index (κ3) is 4.91. The first-order chi connectivity index (χ1) is 5.57. The molecule has 1 unspecified atom stereocenters. The molecule has 0 bridgehead atoms. The van der Waals surface area contributed by atoms with Crippen LogP contribution in [-0.2, 0) is 4.79 Å². The summed E-state index contributed by atoms with van der Waals surface area (Å²) in [6.45, 7) is 4.12. The molecule has 0 saturated carbocycles. The quantitative estimate of drug-likeness (QED) is 0.614. The van der Waals surface area contributed by atoms with Crippen molar-refractivity contribution >= 4 is 5.97 Å². The first-order valence-corrected chi connectivity index (χ1v) is 4.22. The van der Waals surface area contributed by atoms with Gasteiger partial charge >= 0.3 is 5.97 Å². The lowest BCUT2D eigenvalue weighted by molar-refractivity contribution is -0.136. The van der Waals surface area contributed by atoms with Crippen molar-refractivity contribution in [1.82, 2.24) is 0 Å². The van der Waals surface area contributed by atoms with E-state index >= 15 is 0 Å². The second-order valence-electron chi connectivity index (χ2n) is 2.99. The number of carboxylic acids is 1. The van der Waals surface area contributed by atoms with Crippen LogP contribution in [0, 0.1) is 5.92 Å². The first kappa shape index (κ1) is 11.2. The highest BCUT2D eigenvalue weighted by molar-refractivity contribution is 5.68. The van der Waals surface area contributed by atoms with Crippen LogP contribution >= 0.6 is 0 Å². The topological polar surface area (TPSA) is 63.3 Å². The molecule has 0 spiro atoms. The number of aliphatic carboxylic acids is 1. The van der Waals surface area contributed by atoms with Crippen LogP contribution in [0.2, 0.25) is 0 Å². The predicted molar refractivity (Wildman–Crippen MR) is 48.8 cm³/mol. The molecule has 70 valence electrons. The third-order valence-corrected chi connectivity index (χ3v) is 1.95. The van der Waals surface area contributed by atoms with Crippen LogP contribution in [0.4, 0.5) is 0 Å². The summed E-state index contributed by atoms with van der Waals surface area (Å²) in [6, 6.07) is -0.0191. The van der Waals surface area contributed by atoms with Gasteiger partial charge in [0.05, 0.1) is 6.42 Å². The van der Waals surface area contributed by atoms with Crippen LogP contribution in [0.5, 0.6) is 0 Å². The maximum atomic E-state index is 10.1. The minimum Gasteiger partial charge on any atom is -0.481 e. The molecule has 3 heteroatoms. The molecular formula is C9H17NO2. The fourth-order valence-corrected chi connectivity index (χ4v) is 0.788. The van der Waals surface area contributed by atoms with Crippen LogP contribution in [0.15, 0.2) is 12.2 Å². The molecule has 0 heterocycles. The SMILES string of the molecule is CCC(C)[C@H](N)/C=C/CC(=O)O. The van der Waals surface area contributed by atoms with E-state index in [0.717, 1.165) is 6.42 Å². The van der Waals surface area contributed by atoms with Gasteiger partial charge in [-0.1, -0.05) is 32.4 Å². The van der Waals surface area contributed by atoms with Crippen LogP contribution < -0.4 is 5.73 Å². The molecule has 0 aromatic heterocycles. The second kappa shape index (κ2) is 5.77. The minimum absolute atomic E-state index is 0.0191. The van der Waals surface area contributed by atoms with E-state index in [1.165, 1.54) is 0 Å². The summed E-state index contributed by atoms with van der Waals surface area (Å²) in [5.74, 6) is -0.405. The molecule has 0 rings (SSSR count). The summed E-state index contributed by atoms with van der Waals surface area (Å²) >= 11 is 0. The zero-order valence-electron chi connectivity index (χ0n) is 7.66. The lowest BCUT2D eigenvalue weighted by Crippen LogP contribution is -2.25. The Morgan fingerprint density at radius 3 is 2.67 bits per heavy atom. The van der Waals surface area contributed by atoms with Gasteiger partial charge in [0, 0.05) is 6.04 Å². The van der Waals surface area contributed by atoms with Gasteiger partial charge in [0.2, 0.25) is 0 Å². The molecule has 0 fully saturated rings. The molecule has 3 N–H and O–H groups in total. The number of hydrogen-bond acceptors (Lipinski definition) is 2. The zero-order chi connectivity index (χ0) is 9.56. The van der Waals surface area contributed by atoms with E-state index < -0.39 is 5.97 Å². The fourth-order valence-electron chi connectivity index (χ4n) is 0.788. The maximum absolute atomic E-state index is 10.1. The van der Waals surface area contributed by atoms with Gasteiger partial charge in [-0.3, -0.25) is 4.79 Å². The lowest BCUT2D eigenvalue weighted by atomic mass is 10.00. The molecule has 0 aromatic carbocycles. The van der Waals surface area contributed by atoms with E-state index in [1.807, 2.05) is 0 Å². The van der Waals surface area contributed by atoms with Gasteiger partial charge < -0.3 is 10.8 Å². The Bertz CT molecular complexity index is 166. The Morgan fingerprint density at radius 2 is 2.25 bits per heavy atom. The summed E-state index contributed by atoms with van der Waals surface area (Å²) < 4.78 is 0. The Kier molecular flexibility index (Phi) is 5.37. The first-order valence-electron chi connectivity index (χ1n) is 4.22. The standard InChI is InChI=1S/C9H17NO2/c1-3-7(2)8(10)5-4-6-9(11)12/h4-5,7-8H,3,6,10H2,1-2H3,(H,11,12)/b5-4+/t7?,8-/m1/s1. The fraction of sp³-hybridized carbons (Fsp3) is 0.667. The summed E-state index contributed by atoms with van der Waals surface area (Å²) in [5, 5.41) is 8.33. The minimum atomic E-state index is -0.817. The Balaban J connectivity index is 3.74. The lowest BCUT2D eigenvalue weighted by Gasteiger charge is -2.13. The van der Waals surface area contributed by atoms with Gasteiger partial charge in [-0.25, -0.2) is 0 Å². The maximum Gasteiger partial charge on any atom is 0.307 e. The molecule has 2 atom stereocenters. The molecule has 0 amide bonds. The zero-order valence-corrected chi connectivity index (χ0v) is 7.66. The highest BCUT2D eigenvalue weighted by Crippen LogP contribution is 2.06. The Labute approximate surface area is 73.3 Å². The third-order valence-electron chi connectivity index (χ3n) is 1.95. The summed E-state index contributed by atoms with van der Waals surface area (Å²) in [4.78, 5) is 10.1. The van der Waals surface area contributed by atoms with Crippen molar-refractivity contribution in [3.05, 3.63) is 12.2 Å². The average molecular weight is 171 g/mol. The molecule has 0 radical (unpaired) electrons. The van der Waals surface area contributed by atoms with Crippen LogP contribution in [0.3, 0.4) is 0 Å². The van der Waals surface area contributed by atoms with E-state index in [0.29, 0.717) is 5.92 Å². The molecular weight excluding hydrogens is 154 g/mol. The molecule has 0 aliphatic rings. The number of rotatable bonds is 5. The van der Waals surface area contributed by atoms with Gasteiger partial charge in [-0.05, 0) is 5.92 Å². The largest absolute Gasteiger partial charge is 0.481 e. The van der Waals surface area contributed by atoms with Crippen LogP contribution in [0.1, 0.15) is 26.7 Å². The van der Waals surface area contributed by atoms with Crippen molar-refractivity contribution in [3.8, 4) is 0 Å². The number of hydrogen-bond donors (Lipinski definition) is 2. The van der Waals surface area contributed by atoms with E-state index in [-0.39, 0.29) is 12.5 Å². The monoisotopic (exact) mass is 171 g/mol. The normalized spacial score (nSPS) is 16.2. The number of carboxylic acid groups (broad SMARTS) is 1. The molecule has 0 aromatic rings. The molecule has 3 nitrogen and oxygen atoms in total. The summed E-state index contributed by atoms with van der Waals surface area (Å²) in [5.41, 5.74) is 5.73. The van der Waals surface area contributed by atoms with Crippen molar-refractivity contribution in [2.75, 3.05) is 0 Å². The molecule has 0 aliphatic heterocycles. The van der Waals surface area contributed by atoms with Crippen LogP contribution in [-0.4, -0.2) is 17.1 Å². The number of carbonyl (C=O) groups is 1. The smallest absolute Gasteiger partial charge is 0.307 e. The van der Waals surface area contributed by atoms with E-state index in [4.69, 9.17) is 10.8 Å². The van der Waals surface area contributed by atoms with Gasteiger partial charge in [0.25, 0.3) is 0 Å². The summed E-state index contributed by atoms with van der Waals surface area (Å²) in [7, 11) is 0. The van der Waals surface area contributed by atoms with Crippen LogP contribution in [0.25, 0.3) is 0 Å². The van der Waals surface area contributed by atoms with Crippen molar-refractivity contribution in [2.24, 2.45) is 11.7 Å². The van der Waals surface area contributed by atoms with Crippen molar-refractivity contribution in [3.63, 3.8) is 0 Å². The Hall–Kier alpha value is -0.830. The van der Waals surface area contributed by atoms with E-state index in [1.54, 1.807) is 12.2 Å². The van der Waals surface area contributed by atoms with Gasteiger partial charge in [0.15, 0.2) is 0 Å². The predicted octanol–water partition coefficient (Wildman–Crippen LogP) is 1.39. The number of nitrogens with two attached hydrogens (primary N) is 1. The highest BCUT2D eigenvalue weighted by atomic mass is 16.4. The molecule has 0 aliphatic carbocycles.